The molecular weight excluding hydrogens is 324 g/mol. The van der Waals surface area contributed by atoms with Gasteiger partial charge in [0.05, 0.1) is 12.1 Å². The highest BCUT2D eigenvalue weighted by Gasteiger charge is 2.22. The summed E-state index contributed by atoms with van der Waals surface area (Å²) in [6, 6.07) is 17.5. The first-order valence-electron chi connectivity index (χ1n) is 7.61. The number of rotatable bonds is 6. The molecule has 2 N–H and O–H groups in total. The van der Waals surface area contributed by atoms with E-state index in [2.05, 4.69) is 9.71 Å². The van der Waals surface area contributed by atoms with E-state index in [1.807, 2.05) is 42.5 Å². The molecule has 0 aliphatic carbocycles. The second-order valence-electron chi connectivity index (χ2n) is 5.52. The van der Waals surface area contributed by atoms with Crippen LogP contribution >= 0.6 is 0 Å². The second kappa shape index (κ2) is 7.09. The molecule has 3 aromatic rings. The number of para-hydroxylation sites is 1. The number of aromatic nitrogens is 1. The molecule has 2 aromatic carbocycles. The Bertz CT molecular complexity index is 922. The van der Waals surface area contributed by atoms with Crippen molar-refractivity contribution < 1.29 is 13.5 Å². The van der Waals surface area contributed by atoms with Crippen LogP contribution < -0.4 is 4.72 Å². The topological polar surface area (TPSA) is 79.3 Å². The van der Waals surface area contributed by atoms with Crippen LogP contribution in [0.1, 0.15) is 5.56 Å². The maximum absolute atomic E-state index is 12.7. The van der Waals surface area contributed by atoms with E-state index in [-0.39, 0.29) is 11.5 Å². The molecule has 24 heavy (non-hydrogen) atoms. The highest BCUT2D eigenvalue weighted by atomic mass is 32.2. The molecule has 0 radical (unpaired) electrons. The van der Waals surface area contributed by atoms with Crippen molar-refractivity contribution in [2.45, 2.75) is 17.4 Å². The molecule has 1 atom stereocenters. The molecule has 0 saturated heterocycles. The molecule has 1 heterocycles. The van der Waals surface area contributed by atoms with E-state index in [1.165, 1.54) is 6.07 Å². The quantitative estimate of drug-likeness (QED) is 0.719. The van der Waals surface area contributed by atoms with Gasteiger partial charge < -0.3 is 5.11 Å². The first-order valence-corrected chi connectivity index (χ1v) is 9.09. The van der Waals surface area contributed by atoms with Crippen molar-refractivity contribution in [1.29, 1.82) is 0 Å². The van der Waals surface area contributed by atoms with E-state index in [9.17, 15) is 13.5 Å². The predicted octanol–water partition coefficient (Wildman–Crippen LogP) is 2.12. The number of benzene rings is 2. The minimum Gasteiger partial charge on any atom is -0.395 e. The zero-order valence-electron chi connectivity index (χ0n) is 13.0. The number of nitrogens with zero attached hydrogens (tertiary/aromatic N) is 1. The van der Waals surface area contributed by atoms with Crippen LogP contribution in [0.3, 0.4) is 0 Å². The number of aliphatic hydroxyl groups excluding tert-OH is 1. The van der Waals surface area contributed by atoms with Crippen molar-refractivity contribution in [1.82, 2.24) is 9.71 Å². The largest absolute Gasteiger partial charge is 0.395 e. The fourth-order valence-corrected chi connectivity index (χ4v) is 4.02. The number of hydrogen-bond donors (Lipinski definition) is 2. The molecule has 3 rings (SSSR count). The number of pyridine rings is 1. The number of fused-ring (bicyclic) bond motifs is 1. The SMILES string of the molecule is O=S(=O)(N[C@H](CO)Cc1ccccc1)c1cccc2cccnc12. The third-order valence-electron chi connectivity index (χ3n) is 3.75. The standard InChI is InChI=1S/C18H18N2O3S/c21-13-16(12-14-6-2-1-3-7-14)20-24(22,23)17-10-4-8-15-9-5-11-19-18(15)17/h1-11,16,20-21H,12-13H2/t16-/m0/s1. The molecule has 1 aromatic heterocycles. The summed E-state index contributed by atoms with van der Waals surface area (Å²) in [5.74, 6) is 0. The second-order valence-corrected chi connectivity index (χ2v) is 7.20. The Morgan fingerprint density at radius 1 is 1.00 bits per heavy atom. The Labute approximate surface area is 141 Å². The molecule has 0 saturated carbocycles. The lowest BCUT2D eigenvalue weighted by Crippen LogP contribution is -2.39. The first-order chi connectivity index (χ1) is 11.6. The Kier molecular flexibility index (Phi) is 4.89. The fraction of sp³-hybridized carbons (Fsp3) is 0.167. The summed E-state index contributed by atoms with van der Waals surface area (Å²) in [6.45, 7) is -0.285. The van der Waals surface area contributed by atoms with Gasteiger partial charge in [0.2, 0.25) is 10.0 Å². The van der Waals surface area contributed by atoms with Gasteiger partial charge in [0.15, 0.2) is 0 Å². The van der Waals surface area contributed by atoms with Crippen molar-refractivity contribution in [3.8, 4) is 0 Å². The number of sulfonamides is 1. The van der Waals surface area contributed by atoms with Gasteiger partial charge in [0.1, 0.15) is 4.90 Å². The van der Waals surface area contributed by atoms with E-state index >= 15 is 0 Å². The Balaban J connectivity index is 1.89. The molecule has 0 unspecified atom stereocenters. The van der Waals surface area contributed by atoms with Crippen LogP contribution in [-0.4, -0.2) is 31.2 Å². The summed E-state index contributed by atoms with van der Waals surface area (Å²) in [7, 11) is -3.79. The molecule has 6 heteroatoms. The lowest BCUT2D eigenvalue weighted by atomic mass is 10.1. The van der Waals surface area contributed by atoms with E-state index < -0.39 is 16.1 Å². The van der Waals surface area contributed by atoms with E-state index in [0.29, 0.717) is 11.9 Å². The lowest BCUT2D eigenvalue weighted by Gasteiger charge is -2.17. The van der Waals surface area contributed by atoms with Crippen LogP contribution in [0.5, 0.6) is 0 Å². The molecule has 5 nitrogen and oxygen atoms in total. The smallest absolute Gasteiger partial charge is 0.243 e. The summed E-state index contributed by atoms with van der Waals surface area (Å²) < 4.78 is 28.1. The van der Waals surface area contributed by atoms with Crippen LogP contribution in [0.4, 0.5) is 0 Å². The summed E-state index contributed by atoms with van der Waals surface area (Å²) >= 11 is 0. The summed E-state index contributed by atoms with van der Waals surface area (Å²) in [5, 5.41) is 10.3. The third-order valence-corrected chi connectivity index (χ3v) is 5.30. The number of nitrogens with one attached hydrogen (secondary N) is 1. The fourth-order valence-electron chi connectivity index (χ4n) is 2.62. The molecule has 0 bridgehead atoms. The van der Waals surface area contributed by atoms with E-state index in [0.717, 1.165) is 10.9 Å². The van der Waals surface area contributed by atoms with Crippen molar-refractivity contribution >= 4 is 20.9 Å². The van der Waals surface area contributed by atoms with Crippen LogP contribution in [0.25, 0.3) is 10.9 Å². The number of aliphatic hydroxyl groups is 1. The normalized spacial score (nSPS) is 13.0. The summed E-state index contributed by atoms with van der Waals surface area (Å²) in [6.07, 6.45) is 1.98. The Morgan fingerprint density at radius 3 is 2.50 bits per heavy atom. The van der Waals surface area contributed by atoms with Crippen LogP contribution in [0.2, 0.25) is 0 Å². The van der Waals surface area contributed by atoms with Gasteiger partial charge in [0.25, 0.3) is 0 Å². The average molecular weight is 342 g/mol. The van der Waals surface area contributed by atoms with Crippen LogP contribution in [0.15, 0.2) is 71.8 Å². The van der Waals surface area contributed by atoms with Crippen molar-refractivity contribution in [3.63, 3.8) is 0 Å². The minimum absolute atomic E-state index is 0.118. The van der Waals surface area contributed by atoms with Crippen molar-refractivity contribution in [2.75, 3.05) is 6.61 Å². The zero-order chi connectivity index (χ0) is 17.0. The predicted molar refractivity (Wildman–Crippen MR) is 93.1 cm³/mol. The summed E-state index contributed by atoms with van der Waals surface area (Å²) in [5.41, 5.74) is 1.37. The zero-order valence-corrected chi connectivity index (χ0v) is 13.8. The summed E-state index contributed by atoms with van der Waals surface area (Å²) in [4.78, 5) is 4.30. The van der Waals surface area contributed by atoms with Crippen molar-refractivity contribution in [2.24, 2.45) is 0 Å². The lowest BCUT2D eigenvalue weighted by molar-refractivity contribution is 0.256. The first kappa shape index (κ1) is 16.6. The monoisotopic (exact) mass is 342 g/mol. The molecule has 0 aliphatic rings. The van der Waals surface area contributed by atoms with Gasteiger partial charge in [-0.05, 0) is 24.1 Å². The third kappa shape index (κ3) is 3.62. The van der Waals surface area contributed by atoms with Crippen molar-refractivity contribution in [3.05, 3.63) is 72.4 Å². The van der Waals surface area contributed by atoms with Crippen LogP contribution in [0, 0.1) is 0 Å². The van der Waals surface area contributed by atoms with Gasteiger partial charge in [-0.3, -0.25) is 4.98 Å². The van der Waals surface area contributed by atoms with Crippen LogP contribution in [-0.2, 0) is 16.4 Å². The highest BCUT2D eigenvalue weighted by Crippen LogP contribution is 2.21. The molecule has 0 aliphatic heterocycles. The van der Waals surface area contributed by atoms with E-state index in [1.54, 1.807) is 18.3 Å². The highest BCUT2D eigenvalue weighted by molar-refractivity contribution is 7.89. The Morgan fingerprint density at radius 2 is 1.75 bits per heavy atom. The van der Waals surface area contributed by atoms with E-state index in [4.69, 9.17) is 0 Å². The number of hydrogen-bond acceptors (Lipinski definition) is 4. The molecule has 0 fully saturated rings. The van der Waals surface area contributed by atoms with Gasteiger partial charge in [-0.1, -0.05) is 48.5 Å². The molecule has 0 spiro atoms. The molecular formula is C18H18N2O3S. The maximum Gasteiger partial charge on any atom is 0.243 e. The van der Waals surface area contributed by atoms with Gasteiger partial charge in [0, 0.05) is 17.6 Å². The maximum atomic E-state index is 12.7. The molecule has 124 valence electrons. The average Bonchev–Trinajstić information content (AvgIpc) is 2.61. The van der Waals surface area contributed by atoms with Gasteiger partial charge in [-0.2, -0.15) is 0 Å². The van der Waals surface area contributed by atoms with Gasteiger partial charge in [-0.15, -0.1) is 0 Å². The van der Waals surface area contributed by atoms with Gasteiger partial charge in [-0.25, -0.2) is 13.1 Å². The van der Waals surface area contributed by atoms with Gasteiger partial charge >= 0.3 is 0 Å². The molecule has 0 amide bonds. The Hall–Kier alpha value is -2.28. The minimum atomic E-state index is -3.79.